The minimum absolute atomic E-state index is 0.0922. The quantitative estimate of drug-likeness (QED) is 0.944. The van der Waals surface area contributed by atoms with E-state index in [4.69, 9.17) is 0 Å². The Balaban J connectivity index is 1.53. The first kappa shape index (κ1) is 14.1. The van der Waals surface area contributed by atoms with E-state index in [1.807, 2.05) is 35.2 Å². The lowest BCUT2D eigenvalue weighted by molar-refractivity contribution is -0.129. The van der Waals surface area contributed by atoms with Crippen molar-refractivity contribution in [2.45, 2.75) is 19.3 Å². The van der Waals surface area contributed by atoms with E-state index >= 15 is 0 Å². The summed E-state index contributed by atoms with van der Waals surface area (Å²) in [4.78, 5) is 26.6. The Kier molecular flexibility index (Phi) is 4.20. The van der Waals surface area contributed by atoms with E-state index in [0.717, 1.165) is 36.0 Å². The lowest BCUT2D eigenvalue weighted by Crippen LogP contribution is -2.32. The molecule has 1 fully saturated rings. The Bertz CT molecular complexity index is 626. The van der Waals surface area contributed by atoms with Crippen LogP contribution in [-0.2, 0) is 4.79 Å². The van der Waals surface area contributed by atoms with Crippen LogP contribution in [0.4, 0.5) is 0 Å². The van der Waals surface area contributed by atoms with Crippen molar-refractivity contribution in [3.05, 3.63) is 35.2 Å². The molecule has 5 heteroatoms. The molecule has 0 saturated carbocycles. The van der Waals surface area contributed by atoms with Gasteiger partial charge in [-0.3, -0.25) is 9.59 Å². The fraction of sp³-hybridized carbons (Fsp3) is 0.375. The lowest BCUT2D eigenvalue weighted by Gasteiger charge is -2.14. The van der Waals surface area contributed by atoms with Crippen LogP contribution >= 0.6 is 11.3 Å². The summed E-state index contributed by atoms with van der Waals surface area (Å²) in [6.45, 7) is 2.13. The van der Waals surface area contributed by atoms with E-state index in [1.54, 1.807) is 0 Å². The van der Waals surface area contributed by atoms with Crippen LogP contribution in [0, 0.1) is 0 Å². The molecular weight excluding hydrogens is 284 g/mol. The molecule has 1 aliphatic rings. The first-order chi connectivity index (χ1) is 10.2. The maximum Gasteiger partial charge on any atom is 0.261 e. The largest absolute Gasteiger partial charge is 0.351 e. The minimum atomic E-state index is -0.0922. The smallest absolute Gasteiger partial charge is 0.261 e. The Morgan fingerprint density at radius 3 is 2.71 bits per heavy atom. The molecule has 0 spiro atoms. The van der Waals surface area contributed by atoms with Gasteiger partial charge in [-0.05, 0) is 30.4 Å². The third-order valence-electron chi connectivity index (χ3n) is 3.73. The molecule has 0 aliphatic carbocycles. The number of fused-ring (bicyclic) bond motifs is 1. The van der Waals surface area contributed by atoms with E-state index in [1.165, 1.54) is 11.3 Å². The average Bonchev–Trinajstić information content (AvgIpc) is 3.16. The molecular formula is C16H18N2O2S. The highest BCUT2D eigenvalue weighted by Gasteiger charge is 2.17. The van der Waals surface area contributed by atoms with Gasteiger partial charge < -0.3 is 10.2 Å². The van der Waals surface area contributed by atoms with E-state index in [0.29, 0.717) is 17.8 Å². The number of thiophene rings is 1. The van der Waals surface area contributed by atoms with Crippen molar-refractivity contribution in [3.63, 3.8) is 0 Å². The number of carbonyl (C=O) groups excluding carboxylic acids is 2. The van der Waals surface area contributed by atoms with Crippen molar-refractivity contribution < 1.29 is 9.59 Å². The number of likely N-dealkylation sites (tertiary alicyclic amines) is 1. The van der Waals surface area contributed by atoms with Gasteiger partial charge in [-0.1, -0.05) is 18.2 Å². The summed E-state index contributed by atoms with van der Waals surface area (Å²) in [6, 6.07) is 9.84. The van der Waals surface area contributed by atoms with Gasteiger partial charge >= 0.3 is 0 Å². The Morgan fingerprint density at radius 1 is 1.19 bits per heavy atom. The Morgan fingerprint density at radius 2 is 1.95 bits per heavy atom. The van der Waals surface area contributed by atoms with Crippen LogP contribution in [0.2, 0.25) is 0 Å². The van der Waals surface area contributed by atoms with Crippen molar-refractivity contribution in [1.82, 2.24) is 10.2 Å². The first-order valence-electron chi connectivity index (χ1n) is 7.28. The molecule has 1 aromatic heterocycles. The van der Waals surface area contributed by atoms with Crippen molar-refractivity contribution in [1.29, 1.82) is 0 Å². The second-order valence-corrected chi connectivity index (χ2v) is 6.33. The second-order valence-electron chi connectivity index (χ2n) is 5.24. The van der Waals surface area contributed by atoms with E-state index in [9.17, 15) is 9.59 Å². The van der Waals surface area contributed by atoms with E-state index < -0.39 is 0 Å². The van der Waals surface area contributed by atoms with Gasteiger partial charge in [0.2, 0.25) is 5.91 Å². The van der Waals surface area contributed by atoms with E-state index in [2.05, 4.69) is 5.32 Å². The second kappa shape index (κ2) is 6.26. The summed E-state index contributed by atoms with van der Waals surface area (Å²) in [5, 5.41) is 3.92. The maximum atomic E-state index is 12.1. The summed E-state index contributed by atoms with van der Waals surface area (Å²) < 4.78 is 1.11. The number of amides is 2. The number of nitrogens with one attached hydrogen (secondary N) is 1. The SMILES string of the molecule is O=C(NCCC(=O)N1CCCC1)c1cc2ccccc2s1. The topological polar surface area (TPSA) is 49.4 Å². The molecule has 2 aromatic rings. The highest BCUT2D eigenvalue weighted by atomic mass is 32.1. The minimum Gasteiger partial charge on any atom is -0.351 e. The van der Waals surface area contributed by atoms with Crippen molar-refractivity contribution in [3.8, 4) is 0 Å². The number of benzene rings is 1. The van der Waals surface area contributed by atoms with Gasteiger partial charge in [0.1, 0.15) is 0 Å². The van der Waals surface area contributed by atoms with Gasteiger partial charge in [-0.2, -0.15) is 0 Å². The standard InChI is InChI=1S/C16H18N2O2S/c19-15(18-9-3-4-10-18)7-8-17-16(20)14-11-12-5-1-2-6-13(12)21-14/h1-2,5-6,11H,3-4,7-10H2,(H,17,20). The van der Waals surface area contributed by atoms with Crippen LogP contribution in [0.5, 0.6) is 0 Å². The molecule has 1 aromatic carbocycles. The maximum absolute atomic E-state index is 12.1. The van der Waals surface area contributed by atoms with Crippen LogP contribution in [0.1, 0.15) is 28.9 Å². The van der Waals surface area contributed by atoms with Crippen LogP contribution in [0.3, 0.4) is 0 Å². The zero-order valence-corrected chi connectivity index (χ0v) is 12.6. The summed E-state index contributed by atoms with van der Waals surface area (Å²) in [5.41, 5.74) is 0. The molecule has 4 nitrogen and oxygen atoms in total. The molecule has 0 atom stereocenters. The monoisotopic (exact) mass is 302 g/mol. The average molecular weight is 302 g/mol. The molecule has 21 heavy (non-hydrogen) atoms. The highest BCUT2D eigenvalue weighted by molar-refractivity contribution is 7.20. The molecule has 0 unspecified atom stereocenters. The number of hydrogen-bond acceptors (Lipinski definition) is 3. The van der Waals surface area contributed by atoms with Gasteiger partial charge in [-0.25, -0.2) is 0 Å². The molecule has 2 heterocycles. The number of nitrogens with zero attached hydrogens (tertiary/aromatic N) is 1. The van der Waals surface area contributed by atoms with Crippen LogP contribution in [0.25, 0.3) is 10.1 Å². The fourth-order valence-electron chi connectivity index (χ4n) is 2.59. The third kappa shape index (κ3) is 3.24. The van der Waals surface area contributed by atoms with Crippen molar-refractivity contribution in [2.75, 3.05) is 19.6 Å². The van der Waals surface area contributed by atoms with Crippen molar-refractivity contribution in [2.24, 2.45) is 0 Å². The molecule has 0 bridgehead atoms. The van der Waals surface area contributed by atoms with Crippen LogP contribution in [-0.4, -0.2) is 36.3 Å². The first-order valence-corrected chi connectivity index (χ1v) is 8.10. The Labute approximate surface area is 127 Å². The molecule has 2 amide bonds. The van der Waals surface area contributed by atoms with Gasteiger partial charge in [0.25, 0.3) is 5.91 Å². The molecule has 1 saturated heterocycles. The van der Waals surface area contributed by atoms with Gasteiger partial charge in [0.15, 0.2) is 0 Å². The molecule has 1 aliphatic heterocycles. The normalized spacial score (nSPS) is 14.6. The predicted octanol–water partition coefficient (Wildman–Crippen LogP) is 2.64. The predicted molar refractivity (Wildman–Crippen MR) is 84.6 cm³/mol. The fourth-order valence-corrected chi connectivity index (χ4v) is 3.57. The number of rotatable bonds is 4. The third-order valence-corrected chi connectivity index (χ3v) is 4.85. The number of hydrogen-bond donors (Lipinski definition) is 1. The highest BCUT2D eigenvalue weighted by Crippen LogP contribution is 2.24. The Hall–Kier alpha value is -1.88. The van der Waals surface area contributed by atoms with Crippen LogP contribution < -0.4 is 5.32 Å². The zero-order chi connectivity index (χ0) is 14.7. The number of carbonyl (C=O) groups is 2. The van der Waals surface area contributed by atoms with Crippen LogP contribution in [0.15, 0.2) is 30.3 Å². The molecule has 1 N–H and O–H groups in total. The van der Waals surface area contributed by atoms with Gasteiger partial charge in [0, 0.05) is 30.8 Å². The van der Waals surface area contributed by atoms with Crippen molar-refractivity contribution >= 4 is 33.2 Å². The van der Waals surface area contributed by atoms with Gasteiger partial charge in [-0.15, -0.1) is 11.3 Å². The van der Waals surface area contributed by atoms with Gasteiger partial charge in [0.05, 0.1) is 4.88 Å². The molecule has 110 valence electrons. The summed E-state index contributed by atoms with van der Waals surface area (Å²) >= 11 is 1.48. The summed E-state index contributed by atoms with van der Waals surface area (Å²) in [6.07, 6.45) is 2.58. The summed E-state index contributed by atoms with van der Waals surface area (Å²) in [7, 11) is 0. The lowest BCUT2D eigenvalue weighted by atomic mass is 10.2. The zero-order valence-electron chi connectivity index (χ0n) is 11.8. The summed E-state index contributed by atoms with van der Waals surface area (Å²) in [5.74, 6) is 0.0505. The van der Waals surface area contributed by atoms with E-state index in [-0.39, 0.29) is 11.8 Å². The molecule has 3 rings (SSSR count). The molecule has 0 radical (unpaired) electrons.